The van der Waals surface area contributed by atoms with Crippen LogP contribution in [0.1, 0.15) is 24.2 Å². The summed E-state index contributed by atoms with van der Waals surface area (Å²) in [6.07, 6.45) is -0.00624. The fraction of sp³-hybridized carbons (Fsp3) is 0.188. The van der Waals surface area contributed by atoms with Gasteiger partial charge in [0.15, 0.2) is 0 Å². The highest BCUT2D eigenvalue weighted by atomic mass is 79.9. The van der Waals surface area contributed by atoms with Crippen molar-refractivity contribution in [3.63, 3.8) is 0 Å². The molecule has 0 aliphatic heterocycles. The molecule has 1 amide bonds. The maximum absolute atomic E-state index is 12.4. The molecule has 2 rings (SSSR count). The average Bonchev–Trinajstić information content (AvgIpc) is 2.43. The van der Waals surface area contributed by atoms with Gasteiger partial charge >= 0.3 is 0 Å². The number of carbonyl (C=O) groups excluding carboxylic acids is 1. The minimum atomic E-state index is -0.228. The molecular weight excluding hydrogens is 354 g/mol. The van der Waals surface area contributed by atoms with Gasteiger partial charge in [-0.15, -0.1) is 0 Å². The van der Waals surface area contributed by atoms with Crippen LogP contribution in [0.4, 0.5) is 5.69 Å². The van der Waals surface area contributed by atoms with E-state index in [0.29, 0.717) is 22.0 Å². The van der Waals surface area contributed by atoms with Crippen molar-refractivity contribution >= 4 is 39.1 Å². The van der Waals surface area contributed by atoms with Gasteiger partial charge in [0, 0.05) is 15.2 Å². The van der Waals surface area contributed by atoms with E-state index in [4.69, 9.17) is 16.3 Å². The summed E-state index contributed by atoms with van der Waals surface area (Å²) < 4.78 is 6.49. The summed E-state index contributed by atoms with van der Waals surface area (Å²) in [7, 11) is 0. The van der Waals surface area contributed by atoms with E-state index in [1.54, 1.807) is 36.4 Å². The van der Waals surface area contributed by atoms with Crippen LogP contribution in [-0.2, 0) is 0 Å². The monoisotopic (exact) mass is 367 g/mol. The van der Waals surface area contributed by atoms with Gasteiger partial charge in [-0.2, -0.15) is 0 Å². The minimum absolute atomic E-state index is 0.00624. The molecule has 0 aromatic heterocycles. The van der Waals surface area contributed by atoms with Gasteiger partial charge < -0.3 is 10.1 Å². The number of ether oxygens (including phenoxy) is 1. The molecule has 2 aromatic rings. The summed E-state index contributed by atoms with van der Waals surface area (Å²) in [6, 6.07) is 12.3. The highest BCUT2D eigenvalue weighted by molar-refractivity contribution is 9.10. The molecule has 1 N–H and O–H groups in total. The van der Waals surface area contributed by atoms with Crippen LogP contribution in [-0.4, -0.2) is 12.0 Å². The number of hydrogen-bond acceptors (Lipinski definition) is 2. The summed E-state index contributed by atoms with van der Waals surface area (Å²) in [4.78, 5) is 12.4. The lowest BCUT2D eigenvalue weighted by atomic mass is 10.1. The van der Waals surface area contributed by atoms with Gasteiger partial charge in [-0.3, -0.25) is 4.79 Å². The summed E-state index contributed by atoms with van der Waals surface area (Å²) in [6.45, 7) is 3.84. The Hall–Kier alpha value is -1.52. The normalized spacial score (nSPS) is 10.5. The summed E-state index contributed by atoms with van der Waals surface area (Å²) >= 11 is 9.20. The number of amides is 1. The Kier molecular flexibility index (Phi) is 5.26. The van der Waals surface area contributed by atoms with Crippen molar-refractivity contribution in [2.45, 2.75) is 20.0 Å². The molecule has 110 valence electrons. The smallest absolute Gasteiger partial charge is 0.259 e. The Morgan fingerprint density at radius 3 is 2.48 bits per heavy atom. The molecular formula is C16H15BrClNO2. The van der Waals surface area contributed by atoms with Crippen LogP contribution in [0.15, 0.2) is 46.9 Å². The molecule has 0 bridgehead atoms. The fourth-order valence-corrected chi connectivity index (χ4v) is 2.26. The lowest BCUT2D eigenvalue weighted by Gasteiger charge is -2.14. The van der Waals surface area contributed by atoms with E-state index in [-0.39, 0.29) is 12.0 Å². The molecule has 0 aliphatic carbocycles. The lowest BCUT2D eigenvalue weighted by Crippen LogP contribution is -2.15. The molecule has 0 radical (unpaired) electrons. The van der Waals surface area contributed by atoms with Gasteiger partial charge in [0.2, 0.25) is 0 Å². The quantitative estimate of drug-likeness (QED) is 0.811. The second-order valence-corrected chi connectivity index (χ2v) is 6.12. The summed E-state index contributed by atoms with van der Waals surface area (Å²) in [5.41, 5.74) is 1.16. The van der Waals surface area contributed by atoms with E-state index in [1.807, 2.05) is 19.9 Å². The third kappa shape index (κ3) is 4.48. The van der Waals surface area contributed by atoms with Crippen molar-refractivity contribution in [2.75, 3.05) is 5.32 Å². The fourth-order valence-electron chi connectivity index (χ4n) is 1.77. The molecule has 0 unspecified atom stereocenters. The Morgan fingerprint density at radius 1 is 1.19 bits per heavy atom. The number of rotatable bonds is 4. The number of halogens is 2. The van der Waals surface area contributed by atoms with E-state index in [2.05, 4.69) is 21.2 Å². The van der Waals surface area contributed by atoms with Crippen molar-refractivity contribution in [1.29, 1.82) is 0 Å². The number of nitrogens with one attached hydrogen (secondary N) is 1. The topological polar surface area (TPSA) is 38.3 Å². The maximum atomic E-state index is 12.4. The number of benzene rings is 2. The molecule has 3 nitrogen and oxygen atoms in total. The second kappa shape index (κ2) is 6.96. The first-order valence-corrected chi connectivity index (χ1v) is 7.66. The SMILES string of the molecule is CC(C)Oc1ccc(Br)cc1C(=O)Nc1ccc(Cl)cc1. The maximum Gasteiger partial charge on any atom is 0.259 e. The van der Waals surface area contributed by atoms with Crippen molar-refractivity contribution in [3.05, 3.63) is 57.5 Å². The molecule has 0 fully saturated rings. The first-order valence-electron chi connectivity index (χ1n) is 6.49. The minimum Gasteiger partial charge on any atom is -0.490 e. The van der Waals surface area contributed by atoms with Gasteiger partial charge in [0.05, 0.1) is 11.7 Å². The third-order valence-electron chi connectivity index (χ3n) is 2.65. The molecule has 0 saturated heterocycles. The van der Waals surface area contributed by atoms with Crippen molar-refractivity contribution in [2.24, 2.45) is 0 Å². The van der Waals surface area contributed by atoms with Gasteiger partial charge in [-0.05, 0) is 56.3 Å². The van der Waals surface area contributed by atoms with E-state index < -0.39 is 0 Å². The first-order chi connectivity index (χ1) is 9.95. The number of anilines is 1. The van der Waals surface area contributed by atoms with Crippen molar-refractivity contribution in [3.8, 4) is 5.75 Å². The van der Waals surface area contributed by atoms with Gasteiger partial charge in [0.1, 0.15) is 5.75 Å². The van der Waals surface area contributed by atoms with Crippen LogP contribution in [0, 0.1) is 0 Å². The highest BCUT2D eigenvalue weighted by Crippen LogP contribution is 2.25. The van der Waals surface area contributed by atoms with E-state index in [1.165, 1.54) is 0 Å². The largest absolute Gasteiger partial charge is 0.490 e. The van der Waals surface area contributed by atoms with Crippen molar-refractivity contribution in [1.82, 2.24) is 0 Å². The molecule has 21 heavy (non-hydrogen) atoms. The number of carbonyl (C=O) groups is 1. The van der Waals surface area contributed by atoms with Crippen LogP contribution in [0.3, 0.4) is 0 Å². The molecule has 0 atom stereocenters. The molecule has 0 spiro atoms. The third-order valence-corrected chi connectivity index (χ3v) is 3.40. The van der Waals surface area contributed by atoms with Crippen LogP contribution >= 0.6 is 27.5 Å². The zero-order valence-corrected chi connectivity index (χ0v) is 14.0. The van der Waals surface area contributed by atoms with E-state index >= 15 is 0 Å². The number of hydrogen-bond donors (Lipinski definition) is 1. The van der Waals surface area contributed by atoms with Crippen LogP contribution < -0.4 is 10.1 Å². The molecule has 2 aromatic carbocycles. The van der Waals surface area contributed by atoms with Crippen LogP contribution in [0.5, 0.6) is 5.75 Å². The Bertz CT molecular complexity index is 641. The van der Waals surface area contributed by atoms with Crippen LogP contribution in [0.25, 0.3) is 0 Å². The van der Waals surface area contributed by atoms with E-state index in [0.717, 1.165) is 4.47 Å². The summed E-state index contributed by atoms with van der Waals surface area (Å²) in [5, 5.41) is 3.45. The van der Waals surface area contributed by atoms with Crippen LogP contribution in [0.2, 0.25) is 5.02 Å². The molecule has 0 saturated carbocycles. The molecule has 0 aliphatic rings. The Morgan fingerprint density at radius 2 is 1.86 bits per heavy atom. The average molecular weight is 369 g/mol. The summed E-state index contributed by atoms with van der Waals surface area (Å²) in [5.74, 6) is 0.328. The highest BCUT2D eigenvalue weighted by Gasteiger charge is 2.14. The van der Waals surface area contributed by atoms with Gasteiger partial charge in [-0.25, -0.2) is 0 Å². The zero-order chi connectivity index (χ0) is 15.4. The molecule has 0 heterocycles. The van der Waals surface area contributed by atoms with Gasteiger partial charge in [-0.1, -0.05) is 27.5 Å². The molecule has 5 heteroatoms. The standard InChI is InChI=1S/C16H15BrClNO2/c1-10(2)21-15-8-3-11(17)9-14(15)16(20)19-13-6-4-12(18)5-7-13/h3-10H,1-2H3,(H,19,20). The van der Waals surface area contributed by atoms with E-state index in [9.17, 15) is 4.79 Å². The Labute approximate surface area is 137 Å². The second-order valence-electron chi connectivity index (χ2n) is 4.77. The lowest BCUT2D eigenvalue weighted by molar-refractivity contribution is 0.102. The predicted octanol–water partition coefficient (Wildman–Crippen LogP) is 5.14. The van der Waals surface area contributed by atoms with Gasteiger partial charge in [0.25, 0.3) is 5.91 Å². The zero-order valence-electron chi connectivity index (χ0n) is 11.7. The van der Waals surface area contributed by atoms with Crippen molar-refractivity contribution < 1.29 is 9.53 Å². The Balaban J connectivity index is 2.25. The first kappa shape index (κ1) is 15.9. The predicted molar refractivity (Wildman–Crippen MR) is 89.3 cm³/mol.